The van der Waals surface area contributed by atoms with Gasteiger partial charge in [-0.3, -0.25) is 14.9 Å². The van der Waals surface area contributed by atoms with E-state index in [0.29, 0.717) is 11.3 Å². The van der Waals surface area contributed by atoms with Gasteiger partial charge in [0.2, 0.25) is 0 Å². The molecule has 0 aliphatic rings. The summed E-state index contributed by atoms with van der Waals surface area (Å²) in [6, 6.07) is 9.87. The standard InChI is InChI=1S/C16H13ClN2O6/c1-24-16(21)10-3-2-4-11(7-10)18-15(20)9-25-14-6-5-12(19(22)23)8-13(14)17/h2-8H,9H2,1H3,(H,18,20). The molecule has 0 aliphatic carbocycles. The van der Waals surface area contributed by atoms with Gasteiger partial charge >= 0.3 is 5.97 Å². The van der Waals surface area contributed by atoms with E-state index in [9.17, 15) is 19.7 Å². The first-order valence-corrected chi connectivity index (χ1v) is 7.33. The summed E-state index contributed by atoms with van der Waals surface area (Å²) < 4.78 is 9.85. The average molecular weight is 365 g/mol. The quantitative estimate of drug-likeness (QED) is 0.479. The third-order valence-corrected chi connectivity index (χ3v) is 3.35. The zero-order chi connectivity index (χ0) is 18.4. The van der Waals surface area contributed by atoms with E-state index in [1.165, 1.54) is 25.3 Å². The molecule has 2 rings (SSSR count). The van der Waals surface area contributed by atoms with Crippen LogP contribution in [0.1, 0.15) is 10.4 Å². The monoisotopic (exact) mass is 364 g/mol. The van der Waals surface area contributed by atoms with Crippen molar-refractivity contribution in [1.82, 2.24) is 0 Å². The molecule has 0 unspecified atom stereocenters. The first kappa shape index (κ1) is 18.2. The second kappa shape index (κ2) is 8.11. The number of rotatable bonds is 6. The normalized spacial score (nSPS) is 10.0. The summed E-state index contributed by atoms with van der Waals surface area (Å²) in [6.45, 7) is -0.361. The van der Waals surface area contributed by atoms with Crippen LogP contribution in [0.4, 0.5) is 11.4 Å². The maximum absolute atomic E-state index is 11.9. The highest BCUT2D eigenvalue weighted by atomic mass is 35.5. The number of nitro groups is 1. The average Bonchev–Trinajstić information content (AvgIpc) is 2.60. The van der Waals surface area contributed by atoms with Gasteiger partial charge in [0.1, 0.15) is 5.75 Å². The highest BCUT2D eigenvalue weighted by Crippen LogP contribution is 2.28. The van der Waals surface area contributed by atoms with E-state index in [1.807, 2.05) is 0 Å². The molecule has 0 fully saturated rings. The van der Waals surface area contributed by atoms with Gasteiger partial charge < -0.3 is 14.8 Å². The van der Waals surface area contributed by atoms with Crippen molar-refractivity contribution < 1.29 is 24.0 Å². The first-order chi connectivity index (χ1) is 11.9. The molecule has 0 atom stereocenters. The van der Waals surface area contributed by atoms with Crippen molar-refractivity contribution >= 4 is 34.9 Å². The number of nitro benzene ring substituents is 1. The second-order valence-electron chi connectivity index (χ2n) is 4.78. The zero-order valence-corrected chi connectivity index (χ0v) is 13.8. The molecule has 130 valence electrons. The van der Waals surface area contributed by atoms with Crippen LogP contribution in [0.15, 0.2) is 42.5 Å². The number of nitrogens with one attached hydrogen (secondary N) is 1. The van der Waals surface area contributed by atoms with E-state index in [2.05, 4.69) is 10.1 Å². The minimum absolute atomic E-state index is 0.0229. The van der Waals surface area contributed by atoms with Crippen LogP contribution in [-0.4, -0.2) is 30.5 Å². The molecule has 9 heteroatoms. The Morgan fingerprint density at radius 2 is 2.00 bits per heavy atom. The Balaban J connectivity index is 1.97. The van der Waals surface area contributed by atoms with Gasteiger partial charge in [-0.05, 0) is 24.3 Å². The van der Waals surface area contributed by atoms with E-state index in [-0.39, 0.29) is 23.1 Å². The fourth-order valence-corrected chi connectivity index (χ4v) is 2.13. The van der Waals surface area contributed by atoms with Crippen molar-refractivity contribution in [2.45, 2.75) is 0 Å². The van der Waals surface area contributed by atoms with E-state index >= 15 is 0 Å². The molecule has 0 aromatic heterocycles. The Labute approximate surface area is 147 Å². The molecule has 0 saturated carbocycles. The maximum Gasteiger partial charge on any atom is 0.337 e. The fraction of sp³-hybridized carbons (Fsp3) is 0.125. The Morgan fingerprint density at radius 3 is 2.64 bits per heavy atom. The number of nitrogens with zero attached hydrogens (tertiary/aromatic N) is 1. The minimum Gasteiger partial charge on any atom is -0.482 e. The van der Waals surface area contributed by atoms with Gasteiger partial charge in [-0.25, -0.2) is 4.79 Å². The molecule has 1 N–H and O–H groups in total. The van der Waals surface area contributed by atoms with Crippen molar-refractivity contribution in [3.63, 3.8) is 0 Å². The van der Waals surface area contributed by atoms with Gasteiger partial charge in [0, 0.05) is 17.8 Å². The molecular formula is C16H13ClN2O6. The van der Waals surface area contributed by atoms with Gasteiger partial charge in [-0.15, -0.1) is 0 Å². The van der Waals surface area contributed by atoms with Crippen LogP contribution in [0.5, 0.6) is 5.75 Å². The van der Waals surface area contributed by atoms with E-state index in [4.69, 9.17) is 16.3 Å². The molecule has 0 bridgehead atoms. The zero-order valence-electron chi connectivity index (χ0n) is 13.0. The molecule has 1 amide bonds. The molecule has 2 aromatic carbocycles. The van der Waals surface area contributed by atoms with Crippen LogP contribution in [0.3, 0.4) is 0 Å². The number of amides is 1. The Hall–Kier alpha value is -3.13. The SMILES string of the molecule is COC(=O)c1cccc(NC(=O)COc2ccc([N+](=O)[O-])cc2Cl)c1. The number of halogens is 1. The molecule has 0 saturated heterocycles. The summed E-state index contributed by atoms with van der Waals surface area (Å²) in [5.41, 5.74) is 0.507. The van der Waals surface area contributed by atoms with Crippen molar-refractivity contribution in [2.24, 2.45) is 0 Å². The molecule has 0 aliphatic heterocycles. The molecular weight excluding hydrogens is 352 g/mol. The van der Waals surface area contributed by atoms with Gasteiger partial charge in [-0.1, -0.05) is 17.7 Å². The number of methoxy groups -OCH3 is 1. The summed E-state index contributed by atoms with van der Waals surface area (Å²) in [6.07, 6.45) is 0. The molecule has 2 aromatic rings. The number of esters is 1. The number of anilines is 1. The van der Waals surface area contributed by atoms with E-state index < -0.39 is 16.8 Å². The van der Waals surface area contributed by atoms with Crippen molar-refractivity contribution in [2.75, 3.05) is 19.0 Å². The topological polar surface area (TPSA) is 108 Å². The number of hydrogen-bond acceptors (Lipinski definition) is 6. The Kier molecular flexibility index (Phi) is 5.91. The van der Waals surface area contributed by atoms with Crippen LogP contribution in [0, 0.1) is 10.1 Å². The summed E-state index contributed by atoms with van der Waals surface area (Å²) in [7, 11) is 1.26. The number of benzene rings is 2. The molecule has 25 heavy (non-hydrogen) atoms. The Bertz CT molecular complexity index is 824. The minimum atomic E-state index is -0.587. The maximum atomic E-state index is 11.9. The smallest absolute Gasteiger partial charge is 0.337 e. The van der Waals surface area contributed by atoms with Crippen LogP contribution in [-0.2, 0) is 9.53 Å². The van der Waals surface area contributed by atoms with Crippen molar-refractivity contribution in [1.29, 1.82) is 0 Å². The summed E-state index contributed by atoms with van der Waals surface area (Å²) >= 11 is 5.88. The largest absolute Gasteiger partial charge is 0.482 e. The summed E-state index contributed by atoms with van der Waals surface area (Å²) in [5, 5.41) is 13.2. The predicted molar refractivity (Wildman–Crippen MR) is 90.0 cm³/mol. The van der Waals surface area contributed by atoms with Crippen molar-refractivity contribution in [3.05, 3.63) is 63.2 Å². The fourth-order valence-electron chi connectivity index (χ4n) is 1.90. The van der Waals surface area contributed by atoms with Gasteiger partial charge in [0.25, 0.3) is 11.6 Å². The van der Waals surface area contributed by atoms with Crippen molar-refractivity contribution in [3.8, 4) is 5.75 Å². The number of carbonyl (C=O) groups excluding carboxylic acids is 2. The van der Waals surface area contributed by atoms with E-state index in [0.717, 1.165) is 6.07 Å². The van der Waals surface area contributed by atoms with Gasteiger partial charge in [0.05, 0.1) is 22.6 Å². The van der Waals surface area contributed by atoms with Crippen LogP contribution in [0.25, 0.3) is 0 Å². The number of non-ortho nitro benzene ring substituents is 1. The third-order valence-electron chi connectivity index (χ3n) is 3.05. The lowest BCUT2D eigenvalue weighted by Gasteiger charge is -2.09. The molecule has 8 nitrogen and oxygen atoms in total. The van der Waals surface area contributed by atoms with E-state index in [1.54, 1.807) is 18.2 Å². The summed E-state index contributed by atoms with van der Waals surface area (Å²) in [4.78, 5) is 33.4. The first-order valence-electron chi connectivity index (χ1n) is 6.95. The van der Waals surface area contributed by atoms with Gasteiger partial charge in [-0.2, -0.15) is 0 Å². The predicted octanol–water partition coefficient (Wildman–Crippen LogP) is 3.05. The van der Waals surface area contributed by atoms with Crippen LogP contribution < -0.4 is 10.1 Å². The lowest BCUT2D eigenvalue weighted by atomic mass is 10.2. The van der Waals surface area contributed by atoms with Crippen LogP contribution >= 0.6 is 11.6 Å². The number of hydrogen-bond donors (Lipinski definition) is 1. The highest BCUT2D eigenvalue weighted by Gasteiger charge is 2.12. The third kappa shape index (κ3) is 4.92. The molecule has 0 radical (unpaired) electrons. The number of ether oxygens (including phenoxy) is 2. The molecule has 0 spiro atoms. The Morgan fingerprint density at radius 1 is 1.24 bits per heavy atom. The van der Waals surface area contributed by atoms with Crippen LogP contribution in [0.2, 0.25) is 5.02 Å². The number of carbonyl (C=O) groups is 2. The lowest BCUT2D eigenvalue weighted by molar-refractivity contribution is -0.384. The summed E-state index contributed by atoms with van der Waals surface area (Å²) in [5.74, 6) is -0.868. The molecule has 0 heterocycles. The highest BCUT2D eigenvalue weighted by molar-refractivity contribution is 6.32. The second-order valence-corrected chi connectivity index (χ2v) is 5.19. The lowest BCUT2D eigenvalue weighted by Crippen LogP contribution is -2.20. The van der Waals surface area contributed by atoms with Gasteiger partial charge in [0.15, 0.2) is 6.61 Å².